The van der Waals surface area contributed by atoms with Crippen LogP contribution >= 0.6 is 23.8 Å². The van der Waals surface area contributed by atoms with Gasteiger partial charge < -0.3 is 9.47 Å². The normalized spacial score (nSPS) is 13.7. The number of hydrogen-bond donors (Lipinski definition) is 2. The summed E-state index contributed by atoms with van der Waals surface area (Å²) in [5.74, 6) is -1.05. The van der Waals surface area contributed by atoms with E-state index >= 15 is 0 Å². The van der Waals surface area contributed by atoms with Gasteiger partial charge in [0.05, 0.1) is 12.1 Å². The average Bonchev–Trinajstić information content (AvgIpc) is 2.63. The second-order valence-corrected chi connectivity index (χ2v) is 6.56. The summed E-state index contributed by atoms with van der Waals surface area (Å²) >= 11 is 11.1. The second-order valence-electron chi connectivity index (χ2n) is 5.75. The Morgan fingerprint density at radius 1 is 1.18 bits per heavy atom. The number of hydrogen-bond acceptors (Lipinski definition) is 5. The van der Waals surface area contributed by atoms with Crippen molar-refractivity contribution in [3.05, 3.63) is 63.9 Å². The van der Waals surface area contributed by atoms with Gasteiger partial charge in [0, 0.05) is 0 Å². The smallest absolute Gasteiger partial charge is 0.263 e. The van der Waals surface area contributed by atoms with Gasteiger partial charge in [-0.05, 0) is 53.7 Å². The van der Waals surface area contributed by atoms with Gasteiger partial charge in [-0.1, -0.05) is 23.7 Å². The van der Waals surface area contributed by atoms with Crippen LogP contribution in [0.15, 0.2) is 42.0 Å². The molecule has 9 heteroatoms. The molecule has 0 spiro atoms. The van der Waals surface area contributed by atoms with Crippen molar-refractivity contribution in [1.29, 1.82) is 0 Å². The number of benzene rings is 2. The minimum absolute atomic E-state index is 0.0520. The molecule has 0 radical (unpaired) electrons. The minimum atomic E-state index is -0.615. The maximum atomic E-state index is 13.3. The molecule has 144 valence electrons. The minimum Gasteiger partial charge on any atom is -0.493 e. The fraction of sp³-hybridized carbons (Fsp3) is 0.105. The first-order valence-electron chi connectivity index (χ1n) is 8.00. The molecule has 0 saturated carbocycles. The summed E-state index contributed by atoms with van der Waals surface area (Å²) in [5.41, 5.74) is 0.948. The zero-order chi connectivity index (χ0) is 20.3. The molecule has 28 heavy (non-hydrogen) atoms. The molecule has 0 unspecified atom stereocenters. The quantitative estimate of drug-likeness (QED) is 0.442. The Labute approximate surface area is 170 Å². The molecule has 6 nitrogen and oxygen atoms in total. The van der Waals surface area contributed by atoms with Crippen molar-refractivity contribution < 1.29 is 23.5 Å². The molecule has 2 aromatic rings. The average molecular weight is 421 g/mol. The Kier molecular flexibility index (Phi) is 5.91. The number of ether oxygens (including phenoxy) is 2. The number of rotatable bonds is 5. The van der Waals surface area contributed by atoms with Gasteiger partial charge in [-0.15, -0.1) is 0 Å². The van der Waals surface area contributed by atoms with Crippen LogP contribution in [0.5, 0.6) is 11.5 Å². The fourth-order valence-corrected chi connectivity index (χ4v) is 2.98. The molecular weight excluding hydrogens is 407 g/mol. The van der Waals surface area contributed by atoms with Gasteiger partial charge in [-0.2, -0.15) is 0 Å². The van der Waals surface area contributed by atoms with Crippen LogP contribution in [-0.4, -0.2) is 24.0 Å². The van der Waals surface area contributed by atoms with Crippen molar-refractivity contribution in [1.82, 2.24) is 10.6 Å². The first-order valence-corrected chi connectivity index (χ1v) is 8.79. The third kappa shape index (κ3) is 4.47. The SMILES string of the molecule is COc1cc(C=C2C(=O)NC(=S)NC2=O)cc(Cl)c1OCc1cccc(F)c1. The van der Waals surface area contributed by atoms with Gasteiger partial charge in [0.15, 0.2) is 16.6 Å². The Hall–Kier alpha value is -2.97. The van der Waals surface area contributed by atoms with E-state index in [1.807, 2.05) is 0 Å². The van der Waals surface area contributed by atoms with Crippen molar-refractivity contribution in [2.24, 2.45) is 0 Å². The lowest BCUT2D eigenvalue weighted by atomic mass is 10.1. The summed E-state index contributed by atoms with van der Waals surface area (Å²) < 4.78 is 24.3. The molecule has 0 aromatic heterocycles. The number of carbonyl (C=O) groups excluding carboxylic acids is 2. The largest absolute Gasteiger partial charge is 0.493 e. The van der Waals surface area contributed by atoms with Crippen molar-refractivity contribution in [2.45, 2.75) is 6.61 Å². The lowest BCUT2D eigenvalue weighted by Gasteiger charge is -2.17. The maximum Gasteiger partial charge on any atom is 0.263 e. The third-order valence-electron chi connectivity index (χ3n) is 3.78. The summed E-state index contributed by atoms with van der Waals surface area (Å²) in [7, 11) is 1.43. The lowest BCUT2D eigenvalue weighted by Crippen LogP contribution is -2.51. The molecule has 1 aliphatic heterocycles. The molecule has 0 aliphatic carbocycles. The highest BCUT2D eigenvalue weighted by atomic mass is 35.5. The van der Waals surface area contributed by atoms with E-state index in [1.165, 1.54) is 31.4 Å². The lowest BCUT2D eigenvalue weighted by molar-refractivity contribution is -0.123. The van der Waals surface area contributed by atoms with E-state index in [4.69, 9.17) is 33.3 Å². The fourth-order valence-electron chi connectivity index (χ4n) is 2.52. The number of methoxy groups -OCH3 is 1. The van der Waals surface area contributed by atoms with Crippen LogP contribution in [0, 0.1) is 5.82 Å². The van der Waals surface area contributed by atoms with Crippen LogP contribution in [-0.2, 0) is 16.2 Å². The van der Waals surface area contributed by atoms with Crippen LogP contribution in [0.3, 0.4) is 0 Å². The van der Waals surface area contributed by atoms with Crippen molar-refractivity contribution in [3.8, 4) is 11.5 Å². The Bertz CT molecular complexity index is 987. The monoisotopic (exact) mass is 420 g/mol. The van der Waals surface area contributed by atoms with Crippen LogP contribution < -0.4 is 20.1 Å². The van der Waals surface area contributed by atoms with Gasteiger partial charge in [-0.3, -0.25) is 20.2 Å². The van der Waals surface area contributed by atoms with Crippen molar-refractivity contribution in [3.63, 3.8) is 0 Å². The van der Waals surface area contributed by atoms with Crippen LogP contribution in [0.1, 0.15) is 11.1 Å². The third-order valence-corrected chi connectivity index (χ3v) is 4.26. The van der Waals surface area contributed by atoms with E-state index in [1.54, 1.807) is 18.2 Å². The molecule has 1 aliphatic rings. The molecule has 2 N–H and O–H groups in total. The van der Waals surface area contributed by atoms with Gasteiger partial charge in [0.25, 0.3) is 11.8 Å². The molecule has 0 bridgehead atoms. The Morgan fingerprint density at radius 3 is 2.54 bits per heavy atom. The Balaban J connectivity index is 1.87. The van der Waals surface area contributed by atoms with E-state index < -0.39 is 11.8 Å². The number of halogens is 2. The summed E-state index contributed by atoms with van der Waals surface area (Å²) in [6, 6.07) is 9.06. The molecule has 1 saturated heterocycles. The number of thiocarbonyl (C=S) groups is 1. The summed E-state index contributed by atoms with van der Waals surface area (Å²) in [6.45, 7) is 0.0799. The van der Waals surface area contributed by atoms with E-state index in [-0.39, 0.29) is 33.9 Å². The molecule has 2 aromatic carbocycles. The molecule has 3 rings (SSSR count). The summed E-state index contributed by atoms with van der Waals surface area (Å²) in [5, 5.41) is 4.85. The molecular formula is C19H14ClFN2O4S. The molecule has 2 amide bonds. The topological polar surface area (TPSA) is 76.7 Å². The number of carbonyl (C=O) groups is 2. The van der Waals surface area contributed by atoms with Crippen molar-refractivity contribution in [2.75, 3.05) is 7.11 Å². The zero-order valence-electron chi connectivity index (χ0n) is 14.5. The first kappa shape index (κ1) is 19.8. The zero-order valence-corrected chi connectivity index (χ0v) is 16.1. The molecule has 1 heterocycles. The van der Waals surface area contributed by atoms with Gasteiger partial charge in [0.2, 0.25) is 0 Å². The van der Waals surface area contributed by atoms with Gasteiger partial charge >= 0.3 is 0 Å². The highest BCUT2D eigenvalue weighted by Crippen LogP contribution is 2.37. The van der Waals surface area contributed by atoms with E-state index in [2.05, 4.69) is 10.6 Å². The van der Waals surface area contributed by atoms with Gasteiger partial charge in [0.1, 0.15) is 18.0 Å². The van der Waals surface area contributed by atoms with E-state index in [9.17, 15) is 14.0 Å². The van der Waals surface area contributed by atoms with E-state index in [0.717, 1.165) is 0 Å². The van der Waals surface area contributed by atoms with Crippen molar-refractivity contribution >= 4 is 46.8 Å². The predicted molar refractivity (Wildman–Crippen MR) is 106 cm³/mol. The van der Waals surface area contributed by atoms with E-state index in [0.29, 0.717) is 16.9 Å². The highest BCUT2D eigenvalue weighted by molar-refractivity contribution is 7.80. The summed E-state index contributed by atoms with van der Waals surface area (Å²) in [6.07, 6.45) is 1.36. The maximum absolute atomic E-state index is 13.3. The van der Waals surface area contributed by atoms with Crippen LogP contribution in [0.2, 0.25) is 5.02 Å². The number of nitrogens with one attached hydrogen (secondary N) is 2. The summed E-state index contributed by atoms with van der Waals surface area (Å²) in [4.78, 5) is 23.9. The van der Waals surface area contributed by atoms with Crippen LogP contribution in [0.25, 0.3) is 6.08 Å². The number of amides is 2. The molecule has 0 atom stereocenters. The van der Waals surface area contributed by atoms with Gasteiger partial charge in [-0.25, -0.2) is 4.39 Å². The second kappa shape index (κ2) is 8.37. The Morgan fingerprint density at radius 2 is 1.89 bits per heavy atom. The standard InChI is InChI=1S/C19H14ClFN2O4S/c1-26-15-8-11(6-13-17(24)22-19(28)23-18(13)25)7-14(20)16(15)27-9-10-3-2-4-12(21)5-10/h2-8H,9H2,1H3,(H2,22,23,24,25,28). The predicted octanol–water partition coefficient (Wildman–Crippen LogP) is 2.98. The first-order chi connectivity index (χ1) is 13.4. The highest BCUT2D eigenvalue weighted by Gasteiger charge is 2.26. The van der Waals surface area contributed by atoms with Crippen LogP contribution in [0.4, 0.5) is 4.39 Å². The molecule has 1 fully saturated rings.